The Labute approximate surface area is 217 Å². The van der Waals surface area contributed by atoms with E-state index in [2.05, 4.69) is 20.0 Å². The van der Waals surface area contributed by atoms with Crippen molar-refractivity contribution in [2.24, 2.45) is 5.92 Å². The number of nitrogens with zero attached hydrogens (tertiary/aromatic N) is 5. The molecule has 8 nitrogen and oxygen atoms in total. The lowest BCUT2D eigenvalue weighted by molar-refractivity contribution is -0.136. The average molecular weight is 500 g/mol. The zero-order valence-electron chi connectivity index (χ0n) is 21.5. The van der Waals surface area contributed by atoms with Crippen molar-refractivity contribution < 1.29 is 14.3 Å². The third-order valence-electron chi connectivity index (χ3n) is 7.43. The van der Waals surface area contributed by atoms with Crippen molar-refractivity contribution in [1.82, 2.24) is 15.1 Å². The molecule has 0 spiro atoms. The highest BCUT2D eigenvalue weighted by Crippen LogP contribution is 2.29. The zero-order valence-corrected chi connectivity index (χ0v) is 21.5. The molecule has 2 saturated heterocycles. The Kier molecular flexibility index (Phi) is 7.35. The number of carbonyl (C=O) groups excluding carboxylic acids is 2. The number of benzene rings is 2. The molecule has 1 amide bonds. The van der Waals surface area contributed by atoms with Gasteiger partial charge in [-0.1, -0.05) is 12.1 Å². The Hall–Kier alpha value is -3.94. The van der Waals surface area contributed by atoms with E-state index in [1.165, 1.54) is 0 Å². The largest absolute Gasteiger partial charge is 0.496 e. The van der Waals surface area contributed by atoms with Gasteiger partial charge in [0.15, 0.2) is 11.6 Å². The number of methoxy groups -OCH3 is 1. The van der Waals surface area contributed by atoms with Gasteiger partial charge in [-0.25, -0.2) is 0 Å². The van der Waals surface area contributed by atoms with Gasteiger partial charge in [0.05, 0.1) is 12.8 Å². The fraction of sp³-hybridized carbons (Fsp3) is 0.379. The van der Waals surface area contributed by atoms with Crippen LogP contribution in [0.15, 0.2) is 60.7 Å². The smallest absolute Gasteiger partial charge is 0.225 e. The number of piperidine rings is 1. The van der Waals surface area contributed by atoms with Crippen molar-refractivity contribution in [3.8, 4) is 17.0 Å². The lowest BCUT2D eigenvalue weighted by Gasteiger charge is -2.39. The van der Waals surface area contributed by atoms with Crippen molar-refractivity contribution >= 4 is 23.2 Å². The molecule has 3 aromatic rings. The lowest BCUT2D eigenvalue weighted by Crippen LogP contribution is -2.51. The van der Waals surface area contributed by atoms with Crippen LogP contribution in [0.2, 0.25) is 0 Å². The maximum absolute atomic E-state index is 13.2. The summed E-state index contributed by atoms with van der Waals surface area (Å²) in [5.41, 5.74) is 3.52. The van der Waals surface area contributed by atoms with Crippen LogP contribution in [0, 0.1) is 5.92 Å². The fourth-order valence-electron chi connectivity index (χ4n) is 5.20. The zero-order chi connectivity index (χ0) is 25.8. The van der Waals surface area contributed by atoms with Crippen LogP contribution < -0.4 is 14.5 Å². The van der Waals surface area contributed by atoms with Crippen molar-refractivity contribution in [1.29, 1.82) is 0 Å². The Morgan fingerprint density at radius 1 is 0.811 bits per heavy atom. The Bertz CT molecular complexity index is 1230. The molecule has 2 aliphatic heterocycles. The minimum absolute atomic E-state index is 0.0541. The van der Waals surface area contributed by atoms with Gasteiger partial charge in [0, 0.05) is 62.0 Å². The molecule has 5 rings (SSSR count). The van der Waals surface area contributed by atoms with Gasteiger partial charge in [0.25, 0.3) is 0 Å². The van der Waals surface area contributed by atoms with Gasteiger partial charge in [0.2, 0.25) is 5.91 Å². The van der Waals surface area contributed by atoms with Crippen molar-refractivity contribution in [2.75, 3.05) is 56.2 Å². The second-order valence-electron chi connectivity index (χ2n) is 9.65. The molecule has 192 valence electrons. The number of amides is 1. The third-order valence-corrected chi connectivity index (χ3v) is 7.43. The van der Waals surface area contributed by atoms with Gasteiger partial charge in [-0.2, -0.15) is 0 Å². The Morgan fingerprint density at radius 3 is 2.14 bits per heavy atom. The number of hydrogen-bond acceptors (Lipinski definition) is 7. The van der Waals surface area contributed by atoms with Crippen LogP contribution in [0.1, 0.15) is 30.1 Å². The molecular formula is C29H33N5O3. The molecular weight excluding hydrogens is 466 g/mol. The van der Waals surface area contributed by atoms with E-state index < -0.39 is 0 Å². The Morgan fingerprint density at radius 2 is 1.51 bits per heavy atom. The highest BCUT2D eigenvalue weighted by atomic mass is 16.5. The monoisotopic (exact) mass is 499 g/mol. The first-order valence-corrected chi connectivity index (χ1v) is 12.9. The van der Waals surface area contributed by atoms with Crippen LogP contribution in [-0.2, 0) is 4.79 Å². The number of anilines is 2. The van der Waals surface area contributed by atoms with Gasteiger partial charge in [-0.3, -0.25) is 9.59 Å². The van der Waals surface area contributed by atoms with Gasteiger partial charge in [-0.05, 0) is 68.3 Å². The van der Waals surface area contributed by atoms with E-state index in [1.54, 1.807) is 14.0 Å². The minimum atomic E-state index is 0.0541. The van der Waals surface area contributed by atoms with E-state index in [-0.39, 0.29) is 17.6 Å². The molecule has 0 bridgehead atoms. The van der Waals surface area contributed by atoms with Gasteiger partial charge in [-0.15, -0.1) is 10.2 Å². The lowest BCUT2D eigenvalue weighted by atomic mass is 9.95. The number of piperazine rings is 1. The summed E-state index contributed by atoms with van der Waals surface area (Å²) in [6, 6.07) is 19.5. The first kappa shape index (κ1) is 24.7. The summed E-state index contributed by atoms with van der Waals surface area (Å²) in [5, 5.41) is 8.90. The maximum atomic E-state index is 13.2. The quantitative estimate of drug-likeness (QED) is 0.476. The minimum Gasteiger partial charge on any atom is -0.496 e. The normalized spacial score (nSPS) is 16.5. The number of Topliss-reactive ketones (excluding diaryl/α,β-unsaturated/α-hetero) is 1. The molecule has 37 heavy (non-hydrogen) atoms. The first-order chi connectivity index (χ1) is 18.0. The van der Waals surface area contributed by atoms with Crippen LogP contribution in [0.25, 0.3) is 11.3 Å². The average Bonchev–Trinajstić information content (AvgIpc) is 2.97. The summed E-state index contributed by atoms with van der Waals surface area (Å²) in [4.78, 5) is 31.3. The molecule has 3 heterocycles. The number of aromatic nitrogens is 2. The number of para-hydroxylation sites is 1. The van der Waals surface area contributed by atoms with Crippen LogP contribution in [-0.4, -0.2) is 73.2 Å². The number of ether oxygens (including phenoxy) is 1. The molecule has 0 atom stereocenters. The number of rotatable bonds is 6. The van der Waals surface area contributed by atoms with Crippen molar-refractivity contribution in [3.63, 3.8) is 0 Å². The predicted octanol–water partition coefficient (Wildman–Crippen LogP) is 3.92. The summed E-state index contributed by atoms with van der Waals surface area (Å²) in [6.45, 7) is 6.22. The van der Waals surface area contributed by atoms with Gasteiger partial charge < -0.3 is 19.4 Å². The van der Waals surface area contributed by atoms with Crippen LogP contribution >= 0.6 is 0 Å². The first-order valence-electron chi connectivity index (χ1n) is 12.9. The molecule has 2 aliphatic rings. The van der Waals surface area contributed by atoms with Crippen LogP contribution in [0.4, 0.5) is 11.5 Å². The molecule has 2 aromatic carbocycles. The Balaban J connectivity index is 1.12. The predicted molar refractivity (Wildman–Crippen MR) is 144 cm³/mol. The van der Waals surface area contributed by atoms with Gasteiger partial charge in [0.1, 0.15) is 5.75 Å². The number of hydrogen-bond donors (Lipinski definition) is 0. The summed E-state index contributed by atoms with van der Waals surface area (Å²) >= 11 is 0. The maximum Gasteiger partial charge on any atom is 0.225 e. The van der Waals surface area contributed by atoms with E-state index in [1.807, 2.05) is 65.6 Å². The van der Waals surface area contributed by atoms with Crippen molar-refractivity contribution in [3.05, 3.63) is 66.2 Å². The molecule has 0 N–H and O–H groups in total. The topological polar surface area (TPSA) is 78.9 Å². The number of ketones is 1. The molecule has 2 fully saturated rings. The second-order valence-corrected chi connectivity index (χ2v) is 9.65. The van der Waals surface area contributed by atoms with Crippen molar-refractivity contribution in [2.45, 2.75) is 19.8 Å². The van der Waals surface area contributed by atoms with E-state index in [4.69, 9.17) is 4.74 Å². The van der Waals surface area contributed by atoms with Gasteiger partial charge >= 0.3 is 0 Å². The standard InChI is InChI=1S/C29H33N5O3/c1-21(35)22-7-9-24(10-8-22)32-17-19-34(20-18-32)29(36)23-13-15-33(16-14-23)28-12-11-26(30-31-28)25-5-3-4-6-27(25)37-2/h3-12,23H,13-20H2,1-2H3. The molecule has 8 heteroatoms. The summed E-state index contributed by atoms with van der Waals surface area (Å²) in [7, 11) is 1.65. The molecule has 0 unspecified atom stereocenters. The fourth-order valence-corrected chi connectivity index (χ4v) is 5.20. The molecule has 1 aromatic heterocycles. The summed E-state index contributed by atoms with van der Waals surface area (Å²) in [6.07, 6.45) is 1.64. The van der Waals surface area contributed by atoms with Crippen LogP contribution in [0.5, 0.6) is 5.75 Å². The summed E-state index contributed by atoms with van der Waals surface area (Å²) < 4.78 is 5.44. The third kappa shape index (κ3) is 5.43. The number of carbonyl (C=O) groups is 2. The molecule has 0 radical (unpaired) electrons. The van der Waals surface area contributed by atoms with E-state index in [0.717, 1.165) is 86.2 Å². The van der Waals surface area contributed by atoms with Crippen LogP contribution in [0.3, 0.4) is 0 Å². The van der Waals surface area contributed by atoms with E-state index in [9.17, 15) is 9.59 Å². The highest BCUT2D eigenvalue weighted by Gasteiger charge is 2.31. The second kappa shape index (κ2) is 11.0. The highest BCUT2D eigenvalue weighted by molar-refractivity contribution is 5.94. The molecule has 0 aliphatic carbocycles. The molecule has 0 saturated carbocycles. The SMILES string of the molecule is COc1ccccc1-c1ccc(N2CCC(C(=O)N3CCN(c4ccc(C(C)=O)cc4)CC3)CC2)nn1. The summed E-state index contributed by atoms with van der Waals surface area (Å²) in [5.74, 6) is 2.01. The van der Waals surface area contributed by atoms with E-state index >= 15 is 0 Å². The van der Waals surface area contributed by atoms with E-state index in [0.29, 0.717) is 0 Å².